The molecule has 8 aromatic rings. The quantitative estimate of drug-likeness (QED) is 0.0141. The third kappa shape index (κ3) is 18.5. The van der Waals surface area contributed by atoms with Crippen LogP contribution in [-0.4, -0.2) is 110 Å². The second-order valence-electron chi connectivity index (χ2n) is 21.7. The molecule has 0 radical (unpaired) electrons. The average Bonchev–Trinajstić information content (AvgIpc) is 1.66. The van der Waals surface area contributed by atoms with Crippen molar-refractivity contribution in [2.45, 2.75) is 90.9 Å². The number of carbonyl (C=O) groups is 6. The maximum atomic E-state index is 15.2. The molecule has 6 aromatic carbocycles. The topological polar surface area (TPSA) is 278 Å². The first kappa shape index (κ1) is 69.6. The number of aromatic nitrogens is 2. The summed E-state index contributed by atoms with van der Waals surface area (Å²) in [5.41, 5.74) is -0.532. The number of carboxylic acids is 2. The molecule has 0 aliphatic heterocycles. The minimum atomic E-state index is -1.30. The molecule has 2 heterocycles. The largest absolute Gasteiger partial charge is 2.00 e. The van der Waals surface area contributed by atoms with Gasteiger partial charge in [-0.2, -0.15) is 0 Å². The van der Waals surface area contributed by atoms with Gasteiger partial charge in [-0.05, 0) is 188 Å². The predicted octanol–water partition coefficient (Wildman–Crippen LogP) is 11.1. The number of hydrogen-bond donors (Lipinski definition) is 4. The van der Waals surface area contributed by atoms with E-state index in [1.807, 2.05) is 13.8 Å². The first-order valence-electron chi connectivity index (χ1n) is 29.8. The van der Waals surface area contributed by atoms with Crippen molar-refractivity contribution >= 4 is 118 Å². The Kier molecular flexibility index (Phi) is 24.2. The van der Waals surface area contributed by atoms with Crippen LogP contribution in [0.5, 0.6) is 46.0 Å². The van der Waals surface area contributed by atoms with Crippen molar-refractivity contribution in [1.29, 1.82) is 0 Å². The Hall–Kier alpha value is -9.26. The minimum Gasteiger partial charge on any atom is -0.550 e. The molecule has 0 saturated heterocycles. The number of nitrogens with zero attached hydrogens (tertiary/aromatic N) is 2. The average molecular weight is 1310 g/mol. The Bertz CT molecular complexity index is 3750. The van der Waals surface area contributed by atoms with Crippen LogP contribution in [0.15, 0.2) is 134 Å². The molecule has 2 fully saturated rings. The number of carbonyl (C=O) groups excluding carboxylic acids is 6. The number of benzene rings is 6. The van der Waals surface area contributed by atoms with E-state index in [0.29, 0.717) is 158 Å². The van der Waals surface area contributed by atoms with Crippen molar-refractivity contribution in [3.63, 3.8) is 0 Å². The molecule has 20 nitrogen and oxygen atoms in total. The molecule has 25 heteroatoms. The number of rotatable bonds is 30. The zero-order valence-electron chi connectivity index (χ0n) is 50.8. The molecule has 480 valence electrons. The maximum absolute atomic E-state index is 15.2. The van der Waals surface area contributed by atoms with E-state index < -0.39 is 69.7 Å². The summed E-state index contributed by atoms with van der Waals surface area (Å²) in [7, 11) is 0. The molecular weight excluding hydrogens is 1240 g/mol. The molecule has 2 aliphatic rings. The third-order valence-corrected chi connectivity index (χ3v) is 15.0. The minimum absolute atomic E-state index is 0. The van der Waals surface area contributed by atoms with E-state index in [9.17, 15) is 47.8 Å². The number of pyridine rings is 2. The van der Waals surface area contributed by atoms with Crippen molar-refractivity contribution in [3.05, 3.63) is 157 Å². The second-order valence-corrected chi connectivity index (χ2v) is 21.7. The molecule has 4 amide bonds. The standard InChI is InChI=1S/2C34H33F2N3O7.Ca/c2*1-2-44-29-19-24-26(20-30(29)45-17-5-3-4-6-31(40)41)37-16-13-27(24)46-28-12-11-23(18-25(28)36)39-33(43)34(14-15-34)32(42)38-22-9-7-21(35)8-10-22;/h2*7-13,16,18-20H,2-6,14-15,17H2,1H3,(H,38,42)(H,39,43)(H,40,41);/q;;+2/p-2. The van der Waals surface area contributed by atoms with Crippen LogP contribution < -0.4 is 59.9 Å². The summed E-state index contributed by atoms with van der Waals surface area (Å²) in [5.74, 6) is -4.48. The summed E-state index contributed by atoms with van der Waals surface area (Å²) >= 11 is 0. The number of fused-ring (bicyclic) bond motifs is 2. The molecule has 0 unspecified atom stereocenters. The fourth-order valence-corrected chi connectivity index (χ4v) is 9.65. The van der Waals surface area contributed by atoms with E-state index in [2.05, 4.69) is 31.2 Å². The van der Waals surface area contributed by atoms with Gasteiger partial charge < -0.3 is 69.5 Å². The van der Waals surface area contributed by atoms with Gasteiger partial charge in [0.05, 0.1) is 37.5 Å². The Balaban J connectivity index is 0.000000236. The van der Waals surface area contributed by atoms with Gasteiger partial charge in [-0.15, -0.1) is 0 Å². The van der Waals surface area contributed by atoms with E-state index in [-0.39, 0.29) is 73.5 Å². The number of unbranched alkanes of at least 4 members (excludes halogenated alkanes) is 4. The normalized spacial score (nSPS) is 13.0. The SMILES string of the molecule is CCOc1cc2c(Oc3ccc(NC(=O)C4(C(=O)Nc5ccc(F)cc5)CC4)cc3F)ccnc2cc1OCCCCCC(=O)[O-].CCOc1cc2c(Oc3ccc(NC(=O)C4(C(=O)Nc5ccc(F)cc5)CC4)cc3F)ccnc2cc1OCCCCCC(=O)[O-].[Ca+2]. The first-order valence-corrected chi connectivity index (χ1v) is 29.8. The van der Waals surface area contributed by atoms with Gasteiger partial charge in [-0.1, -0.05) is 0 Å². The van der Waals surface area contributed by atoms with Crippen LogP contribution in [0.1, 0.15) is 90.9 Å². The summed E-state index contributed by atoms with van der Waals surface area (Å²) in [6.07, 6.45) is 7.98. The van der Waals surface area contributed by atoms with Crippen LogP contribution in [0.2, 0.25) is 0 Å². The Morgan fingerprint density at radius 1 is 0.419 bits per heavy atom. The summed E-state index contributed by atoms with van der Waals surface area (Å²) in [6, 6.07) is 28.3. The van der Waals surface area contributed by atoms with Crippen LogP contribution in [-0.2, 0) is 28.8 Å². The monoisotopic (exact) mass is 1300 g/mol. The van der Waals surface area contributed by atoms with Crippen molar-refractivity contribution in [3.8, 4) is 46.0 Å². The number of anilines is 4. The molecule has 93 heavy (non-hydrogen) atoms. The summed E-state index contributed by atoms with van der Waals surface area (Å²) in [5, 5.41) is 32.8. The number of hydrogen-bond acceptors (Lipinski definition) is 16. The van der Waals surface area contributed by atoms with Crippen LogP contribution >= 0.6 is 0 Å². The smallest absolute Gasteiger partial charge is 0.550 e. The molecule has 0 spiro atoms. The van der Waals surface area contributed by atoms with Crippen LogP contribution in [0.4, 0.5) is 40.3 Å². The predicted molar refractivity (Wildman–Crippen MR) is 333 cm³/mol. The number of carboxylic acid groups (broad SMARTS) is 2. The van der Waals surface area contributed by atoms with Crippen LogP contribution in [0.3, 0.4) is 0 Å². The molecule has 2 aromatic heterocycles. The third-order valence-electron chi connectivity index (χ3n) is 15.0. The van der Waals surface area contributed by atoms with Crippen LogP contribution in [0, 0.1) is 34.1 Å². The maximum Gasteiger partial charge on any atom is 2.00 e. The zero-order chi connectivity index (χ0) is 65.4. The fraction of sp³-hybridized carbons (Fsp3) is 0.294. The van der Waals surface area contributed by atoms with Crippen molar-refractivity contribution < 1.29 is 85.0 Å². The molecule has 0 atom stereocenters. The molecule has 2 saturated carbocycles. The summed E-state index contributed by atoms with van der Waals surface area (Å²) in [4.78, 5) is 81.7. The van der Waals surface area contributed by atoms with E-state index >= 15 is 8.78 Å². The zero-order valence-corrected chi connectivity index (χ0v) is 53.1. The van der Waals surface area contributed by atoms with Gasteiger partial charge in [0.2, 0.25) is 23.6 Å². The van der Waals surface area contributed by atoms with Crippen molar-refractivity contribution in [2.75, 3.05) is 47.7 Å². The van der Waals surface area contributed by atoms with Crippen molar-refractivity contribution in [2.24, 2.45) is 10.8 Å². The molecular formula is C68H64CaF4N6O14. The van der Waals surface area contributed by atoms with E-state index in [4.69, 9.17) is 28.4 Å². The molecule has 0 bridgehead atoms. The molecule has 2 aliphatic carbocycles. The van der Waals surface area contributed by atoms with Crippen molar-refractivity contribution in [1.82, 2.24) is 9.97 Å². The van der Waals surface area contributed by atoms with Gasteiger partial charge >= 0.3 is 37.7 Å². The van der Waals surface area contributed by atoms with Gasteiger partial charge in [0.15, 0.2) is 46.1 Å². The van der Waals surface area contributed by atoms with Gasteiger partial charge in [0.25, 0.3) is 0 Å². The van der Waals surface area contributed by atoms with E-state index in [0.717, 1.165) is 12.1 Å². The van der Waals surface area contributed by atoms with Gasteiger partial charge in [0.1, 0.15) is 34.0 Å². The Morgan fingerprint density at radius 3 is 1.10 bits per heavy atom. The van der Waals surface area contributed by atoms with Gasteiger partial charge in [-0.25, -0.2) is 17.6 Å². The fourth-order valence-electron chi connectivity index (χ4n) is 9.65. The number of nitrogens with one attached hydrogen (secondary N) is 4. The number of amides is 4. The van der Waals surface area contributed by atoms with Crippen LogP contribution in [0.25, 0.3) is 21.8 Å². The Labute approximate surface area is 561 Å². The number of aliphatic carboxylic acids is 2. The Morgan fingerprint density at radius 2 is 0.763 bits per heavy atom. The summed E-state index contributed by atoms with van der Waals surface area (Å²) in [6.45, 7) is 5.08. The number of halogens is 4. The van der Waals surface area contributed by atoms with E-state index in [1.165, 1.54) is 85.2 Å². The summed E-state index contributed by atoms with van der Waals surface area (Å²) < 4.78 is 92.0. The van der Waals surface area contributed by atoms with Gasteiger partial charge in [0, 0.05) is 82.1 Å². The molecule has 10 rings (SSSR count). The van der Waals surface area contributed by atoms with Gasteiger partial charge in [-0.3, -0.25) is 29.1 Å². The van der Waals surface area contributed by atoms with E-state index in [1.54, 1.807) is 36.4 Å². The second kappa shape index (κ2) is 32.3. The molecule has 4 N–H and O–H groups in total. The first-order chi connectivity index (χ1) is 44.4. The number of ether oxygens (including phenoxy) is 6.